The monoisotopic (exact) mass is 629 g/mol. The van der Waals surface area contributed by atoms with Gasteiger partial charge in [-0.05, 0) is 53.6 Å². The summed E-state index contributed by atoms with van der Waals surface area (Å²) in [6.45, 7) is 6.08. The van der Waals surface area contributed by atoms with E-state index in [2.05, 4.69) is 16.0 Å². The summed E-state index contributed by atoms with van der Waals surface area (Å²) in [6.07, 6.45) is 4.20. The zero-order chi connectivity index (χ0) is 30.7. The van der Waals surface area contributed by atoms with Gasteiger partial charge in [0.1, 0.15) is 6.04 Å². The number of aliphatic carboxylic acids is 1. The van der Waals surface area contributed by atoms with Crippen LogP contribution in [0.1, 0.15) is 63.2 Å². The second-order valence-electron chi connectivity index (χ2n) is 11.7. The molecule has 3 aromatic carbocycles. The van der Waals surface area contributed by atoms with Gasteiger partial charge in [-0.15, -0.1) is 0 Å². The van der Waals surface area contributed by atoms with Crippen molar-refractivity contribution in [3.63, 3.8) is 0 Å². The lowest BCUT2D eigenvalue weighted by atomic mass is 9.55. The molecule has 222 valence electrons. The van der Waals surface area contributed by atoms with Gasteiger partial charge < -0.3 is 21.1 Å². The molecule has 1 fully saturated rings. The maximum atomic E-state index is 13.8. The zero-order valence-electron chi connectivity index (χ0n) is 23.7. The van der Waals surface area contributed by atoms with Crippen LogP contribution in [0, 0.1) is 10.8 Å². The molecule has 4 rings (SSSR count). The van der Waals surface area contributed by atoms with E-state index < -0.39 is 29.4 Å². The summed E-state index contributed by atoms with van der Waals surface area (Å²) in [6, 6.07) is 15.6. The molecule has 1 saturated carbocycles. The van der Waals surface area contributed by atoms with Crippen LogP contribution < -0.4 is 16.0 Å². The summed E-state index contributed by atoms with van der Waals surface area (Å²) in [5, 5.41) is 19.1. The average Bonchev–Trinajstić information content (AvgIpc) is 2.93. The molecule has 0 heterocycles. The molecule has 3 aromatic rings. The van der Waals surface area contributed by atoms with Gasteiger partial charge in [0.2, 0.25) is 0 Å². The Morgan fingerprint density at radius 1 is 0.833 bits per heavy atom. The van der Waals surface area contributed by atoms with E-state index in [9.17, 15) is 19.5 Å². The van der Waals surface area contributed by atoms with E-state index in [1.807, 2.05) is 51.1 Å². The second-order valence-corrected chi connectivity index (χ2v) is 12.9. The van der Waals surface area contributed by atoms with Crippen LogP contribution in [0.15, 0.2) is 60.7 Å². The number of carboxylic acid groups (broad SMARTS) is 1. The maximum Gasteiger partial charge on any atom is 0.326 e. The molecule has 0 bridgehead atoms. The van der Waals surface area contributed by atoms with Crippen molar-refractivity contribution in [2.75, 3.05) is 10.6 Å². The van der Waals surface area contributed by atoms with E-state index in [-0.39, 0.29) is 32.4 Å². The fraction of sp³-hybridized carbons (Fsp3) is 0.344. The van der Waals surface area contributed by atoms with Gasteiger partial charge in [0, 0.05) is 10.4 Å². The fourth-order valence-corrected chi connectivity index (χ4v) is 6.80. The van der Waals surface area contributed by atoms with Crippen molar-refractivity contribution in [3.05, 3.63) is 81.3 Å². The summed E-state index contributed by atoms with van der Waals surface area (Å²) in [7, 11) is 0. The van der Waals surface area contributed by atoms with E-state index in [0.29, 0.717) is 17.9 Å². The van der Waals surface area contributed by atoms with Gasteiger partial charge >= 0.3 is 12.0 Å². The first kappa shape index (κ1) is 31.7. The molecule has 1 atom stereocenters. The summed E-state index contributed by atoms with van der Waals surface area (Å²) >= 11 is 18.5. The number of carboxylic acids is 1. The third kappa shape index (κ3) is 6.86. The van der Waals surface area contributed by atoms with Gasteiger partial charge in [-0.1, -0.05) is 111 Å². The molecule has 0 saturated heterocycles. The molecule has 42 heavy (non-hydrogen) atoms. The van der Waals surface area contributed by atoms with Crippen molar-refractivity contribution in [1.82, 2.24) is 5.32 Å². The molecule has 4 N–H and O–H groups in total. The Balaban J connectivity index is 1.70. The highest BCUT2D eigenvalue weighted by atomic mass is 35.5. The molecule has 10 heteroatoms. The van der Waals surface area contributed by atoms with E-state index in [1.54, 1.807) is 18.2 Å². The summed E-state index contributed by atoms with van der Waals surface area (Å²) in [4.78, 5) is 39.7. The van der Waals surface area contributed by atoms with Crippen LogP contribution >= 0.6 is 34.8 Å². The third-order valence-corrected chi connectivity index (χ3v) is 8.99. The Kier molecular flexibility index (Phi) is 9.76. The molecular weight excluding hydrogens is 597 g/mol. The number of anilines is 2. The summed E-state index contributed by atoms with van der Waals surface area (Å²) in [5.41, 5.74) is 1.06. The molecule has 1 aliphatic rings. The van der Waals surface area contributed by atoms with E-state index >= 15 is 0 Å². The Bertz CT molecular complexity index is 1460. The molecule has 0 radical (unpaired) electrons. The molecule has 0 unspecified atom stereocenters. The topological polar surface area (TPSA) is 108 Å². The molecule has 0 spiro atoms. The van der Waals surface area contributed by atoms with E-state index in [1.165, 1.54) is 12.1 Å². The predicted octanol–water partition coefficient (Wildman–Crippen LogP) is 9.14. The molecule has 0 aliphatic heterocycles. The van der Waals surface area contributed by atoms with Crippen LogP contribution in [0.5, 0.6) is 0 Å². The lowest BCUT2D eigenvalue weighted by molar-refractivity contribution is -0.148. The van der Waals surface area contributed by atoms with Gasteiger partial charge in [0.15, 0.2) is 0 Å². The van der Waals surface area contributed by atoms with E-state index in [4.69, 9.17) is 34.8 Å². The standard InChI is InChI=1S/C32H34Cl3N3O4/c1-31(2,3)32(14-8-5-9-15-32)27(29(40)41)38-28(39)22-13-12-20(19-10-6-4-7-11-19)16-25(22)36-30(42)37-26-23(34)17-21(33)18-24(26)35/h4,6-7,10-13,16-18,27H,5,8-9,14-15H2,1-3H3,(H,38,39)(H,40,41)(H2,36,37,42)/t27-/m1/s1. The van der Waals surface area contributed by atoms with Crippen LogP contribution in [-0.4, -0.2) is 29.1 Å². The highest BCUT2D eigenvalue weighted by Gasteiger charge is 2.52. The minimum absolute atomic E-state index is 0.115. The van der Waals surface area contributed by atoms with Crippen molar-refractivity contribution in [3.8, 4) is 11.1 Å². The highest BCUT2D eigenvalue weighted by Crippen LogP contribution is 2.52. The van der Waals surface area contributed by atoms with Gasteiger partial charge in [-0.2, -0.15) is 0 Å². The first-order valence-electron chi connectivity index (χ1n) is 13.8. The van der Waals surface area contributed by atoms with Gasteiger partial charge in [0.05, 0.1) is 27.0 Å². The number of carbonyl (C=O) groups is 3. The molecule has 0 aromatic heterocycles. The number of hydrogen-bond acceptors (Lipinski definition) is 3. The minimum Gasteiger partial charge on any atom is -0.480 e. The van der Waals surface area contributed by atoms with Gasteiger partial charge in [0.25, 0.3) is 5.91 Å². The normalized spacial score (nSPS) is 15.4. The number of benzene rings is 3. The lowest BCUT2D eigenvalue weighted by Gasteiger charge is -2.51. The molecule has 1 aliphatic carbocycles. The number of hydrogen-bond donors (Lipinski definition) is 4. The van der Waals surface area contributed by atoms with Crippen LogP contribution in [0.25, 0.3) is 11.1 Å². The summed E-state index contributed by atoms with van der Waals surface area (Å²) < 4.78 is 0. The van der Waals surface area contributed by atoms with Gasteiger partial charge in [-0.25, -0.2) is 9.59 Å². The number of amides is 3. The van der Waals surface area contributed by atoms with Crippen molar-refractivity contribution >= 4 is 64.1 Å². The largest absolute Gasteiger partial charge is 0.480 e. The Labute approximate surface area is 260 Å². The fourth-order valence-electron chi connectivity index (χ4n) is 5.88. The predicted molar refractivity (Wildman–Crippen MR) is 170 cm³/mol. The minimum atomic E-state index is -1.12. The first-order valence-corrected chi connectivity index (χ1v) is 14.9. The molecule has 3 amide bonds. The van der Waals surface area contributed by atoms with Crippen molar-refractivity contribution in [1.29, 1.82) is 0 Å². The van der Waals surface area contributed by atoms with Crippen molar-refractivity contribution in [2.45, 2.75) is 58.9 Å². The number of carbonyl (C=O) groups excluding carboxylic acids is 2. The van der Waals surface area contributed by atoms with E-state index in [0.717, 1.165) is 30.4 Å². The maximum absolute atomic E-state index is 13.8. The van der Waals surface area contributed by atoms with Crippen LogP contribution in [0.2, 0.25) is 15.1 Å². The lowest BCUT2D eigenvalue weighted by Crippen LogP contribution is -2.58. The van der Waals surface area contributed by atoms with Crippen LogP contribution in [0.4, 0.5) is 16.2 Å². The Hall–Kier alpha value is -3.26. The van der Waals surface area contributed by atoms with Crippen molar-refractivity contribution < 1.29 is 19.5 Å². The number of halogens is 3. The number of rotatable bonds is 7. The van der Waals surface area contributed by atoms with Crippen molar-refractivity contribution in [2.24, 2.45) is 10.8 Å². The molecule has 7 nitrogen and oxygen atoms in total. The second kappa shape index (κ2) is 12.9. The molecular formula is C32H34Cl3N3O4. The number of nitrogens with one attached hydrogen (secondary N) is 3. The number of urea groups is 1. The average molecular weight is 631 g/mol. The van der Waals surface area contributed by atoms with Crippen LogP contribution in [-0.2, 0) is 4.79 Å². The third-order valence-electron chi connectivity index (χ3n) is 8.18. The Morgan fingerprint density at radius 3 is 2.02 bits per heavy atom. The summed E-state index contributed by atoms with van der Waals surface area (Å²) in [5.74, 6) is -1.69. The quantitative estimate of drug-likeness (QED) is 0.209. The van der Waals surface area contributed by atoms with Crippen LogP contribution in [0.3, 0.4) is 0 Å². The SMILES string of the molecule is CC(C)(C)C1([C@H](NC(=O)c2ccc(-c3ccccc3)cc2NC(=O)Nc2c(Cl)cc(Cl)cc2Cl)C(=O)O)CCCCC1. The highest BCUT2D eigenvalue weighted by molar-refractivity contribution is 6.42. The first-order chi connectivity index (χ1) is 19.8. The smallest absolute Gasteiger partial charge is 0.326 e. The zero-order valence-corrected chi connectivity index (χ0v) is 26.0. The van der Waals surface area contributed by atoms with Gasteiger partial charge in [-0.3, -0.25) is 4.79 Å². The Morgan fingerprint density at radius 2 is 1.45 bits per heavy atom.